The number of hydrogen-bond donors (Lipinski definition) is 0. The van der Waals surface area contributed by atoms with Gasteiger partial charge in [0.15, 0.2) is 0 Å². The second-order valence-electron chi connectivity index (χ2n) is 3.50. The summed E-state index contributed by atoms with van der Waals surface area (Å²) in [5, 5.41) is -0.0906. The van der Waals surface area contributed by atoms with Crippen LogP contribution in [0.15, 0.2) is 21.5 Å². The number of rotatable bonds is 0. The molecule has 0 aliphatic rings. The van der Waals surface area contributed by atoms with Crippen LogP contribution in [0.1, 0.15) is 11.1 Å². The molecule has 0 atom stereocenters. The lowest BCUT2D eigenvalue weighted by Crippen LogP contribution is -2.24. The standard InChI is InChI=1S/C10H8F3NO2/c1-5-7(10(11,12)13)6-3-4-16-9(6)14(2)8(5)15/h3-4H,1-2H3. The van der Waals surface area contributed by atoms with Gasteiger partial charge in [-0.2, -0.15) is 13.2 Å². The van der Waals surface area contributed by atoms with E-state index in [1.165, 1.54) is 13.1 Å². The molecule has 0 unspecified atom stereocenters. The molecule has 6 heteroatoms. The fourth-order valence-electron chi connectivity index (χ4n) is 1.77. The van der Waals surface area contributed by atoms with E-state index in [9.17, 15) is 18.0 Å². The molecule has 3 nitrogen and oxygen atoms in total. The summed E-state index contributed by atoms with van der Waals surface area (Å²) in [6, 6.07) is 1.21. The van der Waals surface area contributed by atoms with Crippen LogP contribution in [-0.4, -0.2) is 4.57 Å². The van der Waals surface area contributed by atoms with Crippen LogP contribution in [0.5, 0.6) is 0 Å². The molecule has 0 aliphatic heterocycles. The quantitative estimate of drug-likeness (QED) is 0.698. The molecule has 0 radical (unpaired) electrons. The predicted octanol–water partition coefficient (Wildman–Crippen LogP) is 2.46. The van der Waals surface area contributed by atoms with Crippen LogP contribution in [0.2, 0.25) is 0 Å². The lowest BCUT2D eigenvalue weighted by molar-refractivity contribution is -0.136. The third-order valence-corrected chi connectivity index (χ3v) is 2.50. The minimum Gasteiger partial charge on any atom is -0.448 e. The van der Waals surface area contributed by atoms with Crippen LogP contribution in [0, 0.1) is 6.92 Å². The van der Waals surface area contributed by atoms with Crippen molar-refractivity contribution in [3.8, 4) is 0 Å². The highest BCUT2D eigenvalue weighted by molar-refractivity contribution is 5.79. The maximum Gasteiger partial charge on any atom is 0.417 e. The molecule has 0 spiro atoms. The number of fused-ring (bicyclic) bond motifs is 1. The van der Waals surface area contributed by atoms with Crippen LogP contribution in [0.3, 0.4) is 0 Å². The molecule has 0 fully saturated rings. The van der Waals surface area contributed by atoms with Crippen molar-refractivity contribution in [2.24, 2.45) is 7.05 Å². The molecule has 2 aromatic rings. The van der Waals surface area contributed by atoms with E-state index in [0.29, 0.717) is 0 Å². The third-order valence-electron chi connectivity index (χ3n) is 2.50. The highest BCUT2D eigenvalue weighted by atomic mass is 19.4. The SMILES string of the molecule is Cc1c(C(F)(F)F)c2ccoc2n(C)c1=O. The Kier molecular flexibility index (Phi) is 2.11. The van der Waals surface area contributed by atoms with Crippen molar-refractivity contribution < 1.29 is 17.6 Å². The molecular formula is C10H8F3NO2. The van der Waals surface area contributed by atoms with Gasteiger partial charge in [0, 0.05) is 12.6 Å². The molecule has 16 heavy (non-hydrogen) atoms. The fraction of sp³-hybridized carbons (Fsp3) is 0.300. The molecule has 86 valence electrons. The first-order valence-corrected chi connectivity index (χ1v) is 4.48. The van der Waals surface area contributed by atoms with Gasteiger partial charge in [-0.1, -0.05) is 0 Å². The van der Waals surface area contributed by atoms with Crippen molar-refractivity contribution in [3.05, 3.63) is 33.8 Å². The molecular weight excluding hydrogens is 223 g/mol. The van der Waals surface area contributed by atoms with Gasteiger partial charge >= 0.3 is 6.18 Å². The molecule has 2 aromatic heterocycles. The van der Waals surface area contributed by atoms with Crippen LogP contribution in [-0.2, 0) is 13.2 Å². The van der Waals surface area contributed by atoms with Gasteiger partial charge in [-0.25, -0.2) is 0 Å². The molecule has 2 heterocycles. The predicted molar refractivity (Wildman–Crippen MR) is 51.2 cm³/mol. The van der Waals surface area contributed by atoms with Gasteiger partial charge in [-0.05, 0) is 13.0 Å². The zero-order chi connectivity index (χ0) is 12.1. The van der Waals surface area contributed by atoms with Crippen LogP contribution < -0.4 is 5.56 Å². The van der Waals surface area contributed by atoms with E-state index < -0.39 is 17.3 Å². The molecule has 0 saturated heterocycles. The Bertz CT molecular complexity index is 607. The van der Waals surface area contributed by atoms with Gasteiger partial charge in [-0.15, -0.1) is 0 Å². The zero-order valence-corrected chi connectivity index (χ0v) is 8.55. The van der Waals surface area contributed by atoms with Crippen molar-refractivity contribution in [3.63, 3.8) is 0 Å². The summed E-state index contributed by atoms with van der Waals surface area (Å²) in [7, 11) is 1.38. The van der Waals surface area contributed by atoms with Gasteiger partial charge in [0.2, 0.25) is 5.71 Å². The van der Waals surface area contributed by atoms with Crippen LogP contribution >= 0.6 is 0 Å². The Labute approximate surface area is 88.1 Å². The van der Waals surface area contributed by atoms with Gasteiger partial charge in [0.25, 0.3) is 5.56 Å². The van der Waals surface area contributed by atoms with Crippen LogP contribution in [0.25, 0.3) is 11.1 Å². The van der Waals surface area contributed by atoms with E-state index in [-0.39, 0.29) is 16.7 Å². The second-order valence-corrected chi connectivity index (χ2v) is 3.50. The number of alkyl halides is 3. The summed E-state index contributed by atoms with van der Waals surface area (Å²) >= 11 is 0. The maximum absolute atomic E-state index is 12.8. The van der Waals surface area contributed by atoms with Gasteiger partial charge in [-0.3, -0.25) is 9.36 Å². The first-order chi connectivity index (χ1) is 7.34. The summed E-state index contributed by atoms with van der Waals surface area (Å²) in [4.78, 5) is 11.6. The lowest BCUT2D eigenvalue weighted by Gasteiger charge is -2.12. The molecule has 2 rings (SSSR count). The number of aromatic nitrogens is 1. The van der Waals surface area contributed by atoms with Crippen LogP contribution in [0.4, 0.5) is 13.2 Å². The molecule has 0 amide bonds. The Morgan fingerprint density at radius 1 is 1.38 bits per heavy atom. The topological polar surface area (TPSA) is 35.1 Å². The Morgan fingerprint density at radius 2 is 2.00 bits per heavy atom. The van der Waals surface area contributed by atoms with Crippen molar-refractivity contribution in [1.29, 1.82) is 0 Å². The fourth-order valence-corrected chi connectivity index (χ4v) is 1.77. The average Bonchev–Trinajstić information content (AvgIpc) is 2.61. The van der Waals surface area contributed by atoms with E-state index in [1.54, 1.807) is 0 Å². The van der Waals surface area contributed by atoms with Crippen molar-refractivity contribution in [1.82, 2.24) is 4.57 Å². The summed E-state index contributed by atoms with van der Waals surface area (Å²) in [6.07, 6.45) is -3.42. The van der Waals surface area contributed by atoms with Gasteiger partial charge < -0.3 is 4.42 Å². The summed E-state index contributed by atoms with van der Waals surface area (Å²) in [5.41, 5.74) is -2.00. The minimum atomic E-state index is -4.56. The maximum atomic E-state index is 12.8. The zero-order valence-electron chi connectivity index (χ0n) is 8.55. The van der Waals surface area contributed by atoms with Gasteiger partial charge in [0.05, 0.1) is 17.2 Å². The van der Waals surface area contributed by atoms with Crippen molar-refractivity contribution in [2.45, 2.75) is 13.1 Å². The molecule has 0 bridgehead atoms. The number of furan rings is 1. The summed E-state index contributed by atoms with van der Waals surface area (Å²) < 4.78 is 44.3. The summed E-state index contributed by atoms with van der Waals surface area (Å²) in [6.45, 7) is 1.16. The highest BCUT2D eigenvalue weighted by Gasteiger charge is 2.36. The Morgan fingerprint density at radius 3 is 2.56 bits per heavy atom. The number of nitrogens with zero attached hydrogens (tertiary/aromatic N) is 1. The van der Waals surface area contributed by atoms with E-state index >= 15 is 0 Å². The van der Waals surface area contributed by atoms with Gasteiger partial charge in [0.1, 0.15) is 0 Å². The largest absolute Gasteiger partial charge is 0.448 e. The molecule has 0 saturated carbocycles. The number of aryl methyl sites for hydroxylation is 1. The molecule has 0 aromatic carbocycles. The number of hydrogen-bond acceptors (Lipinski definition) is 2. The third kappa shape index (κ3) is 1.33. The average molecular weight is 231 g/mol. The monoisotopic (exact) mass is 231 g/mol. The first-order valence-electron chi connectivity index (χ1n) is 4.48. The van der Waals surface area contributed by atoms with Crippen molar-refractivity contribution >= 4 is 11.1 Å². The van der Waals surface area contributed by atoms with E-state index in [2.05, 4.69) is 0 Å². The second kappa shape index (κ2) is 3.13. The minimum absolute atomic E-state index is 0.0667. The van der Waals surface area contributed by atoms with E-state index in [0.717, 1.165) is 17.8 Å². The van der Waals surface area contributed by atoms with E-state index in [1.807, 2.05) is 0 Å². The van der Waals surface area contributed by atoms with E-state index in [4.69, 9.17) is 4.42 Å². The highest BCUT2D eigenvalue weighted by Crippen LogP contribution is 2.35. The molecule has 0 aliphatic carbocycles. The smallest absolute Gasteiger partial charge is 0.417 e. The first kappa shape index (κ1) is 10.8. The Hall–Kier alpha value is -1.72. The van der Waals surface area contributed by atoms with Crippen molar-refractivity contribution in [2.75, 3.05) is 0 Å². The summed E-state index contributed by atoms with van der Waals surface area (Å²) in [5.74, 6) is 0. The molecule has 0 N–H and O–H groups in total. The Balaban J connectivity index is 3.03. The lowest BCUT2D eigenvalue weighted by atomic mass is 10.1. The normalized spacial score (nSPS) is 12.3. The number of pyridine rings is 1. The number of halogens is 3.